The van der Waals surface area contributed by atoms with Gasteiger partial charge in [0.15, 0.2) is 0 Å². The van der Waals surface area contributed by atoms with E-state index in [1.807, 2.05) is 0 Å². The van der Waals surface area contributed by atoms with E-state index in [9.17, 15) is 23.1 Å². The van der Waals surface area contributed by atoms with Crippen LogP contribution in [0.25, 0.3) is 17.1 Å². The van der Waals surface area contributed by atoms with Crippen LogP contribution in [0.1, 0.15) is 11.1 Å². The third-order valence-corrected chi connectivity index (χ3v) is 4.54. The number of imidazole rings is 1. The minimum atomic E-state index is -4.56. The molecule has 4 rings (SSSR count). The average molecular weight is 437 g/mol. The Morgan fingerprint density at radius 3 is 2.67 bits per heavy atom. The predicted octanol–water partition coefficient (Wildman–Crippen LogP) is 4.12. The Labute approximate surface area is 171 Å². The first-order valence-corrected chi connectivity index (χ1v) is 8.85. The van der Waals surface area contributed by atoms with E-state index in [1.165, 1.54) is 47.6 Å². The number of alkyl halides is 3. The third-order valence-electron chi connectivity index (χ3n) is 4.31. The highest BCUT2D eigenvalue weighted by Gasteiger charge is 2.32. The Hall–Kier alpha value is -3.53. The van der Waals surface area contributed by atoms with E-state index in [2.05, 4.69) is 10.1 Å². The molecule has 0 atom stereocenters. The molecule has 1 N–H and O–H groups in total. The molecule has 0 amide bonds. The monoisotopic (exact) mass is 436 g/mol. The van der Waals surface area contributed by atoms with Crippen LogP contribution >= 0.6 is 11.6 Å². The number of phenolic OH excluding ortho intramolecular Hbond substituents is 1. The Morgan fingerprint density at radius 2 is 1.97 bits per heavy atom. The number of phenols is 1. The molecule has 2 aromatic heterocycles. The number of hydrogen-bond acceptors (Lipinski definition) is 5. The van der Waals surface area contributed by atoms with Crippen molar-refractivity contribution in [3.05, 3.63) is 81.8 Å². The SMILES string of the molecule is O=c1oc(-c2ccc(C(F)(F)F)cc2-n2ccnc2)nn1Cc1cc(Cl)ccc1O. The smallest absolute Gasteiger partial charge is 0.437 e. The summed E-state index contributed by atoms with van der Waals surface area (Å²) in [5.74, 6) is -1.12. The zero-order valence-corrected chi connectivity index (χ0v) is 15.7. The molecular weight excluding hydrogens is 425 g/mol. The zero-order valence-electron chi connectivity index (χ0n) is 15.0. The Morgan fingerprint density at radius 1 is 1.17 bits per heavy atom. The Kier molecular flexibility index (Phi) is 4.86. The predicted molar refractivity (Wildman–Crippen MR) is 101 cm³/mol. The molecule has 0 fully saturated rings. The van der Waals surface area contributed by atoms with Crippen molar-refractivity contribution in [2.24, 2.45) is 0 Å². The molecule has 0 bridgehead atoms. The van der Waals surface area contributed by atoms with Gasteiger partial charge in [0.1, 0.15) is 5.75 Å². The molecule has 2 aromatic carbocycles. The second kappa shape index (κ2) is 7.38. The van der Waals surface area contributed by atoms with Crippen LogP contribution in [0, 0.1) is 0 Å². The van der Waals surface area contributed by atoms with Crippen molar-refractivity contribution in [3.8, 4) is 22.9 Å². The molecule has 0 unspecified atom stereocenters. The van der Waals surface area contributed by atoms with Crippen molar-refractivity contribution in [1.82, 2.24) is 19.3 Å². The number of rotatable bonds is 4. The maximum absolute atomic E-state index is 13.2. The summed E-state index contributed by atoms with van der Waals surface area (Å²) in [6, 6.07) is 7.28. The quantitative estimate of drug-likeness (QED) is 0.520. The normalized spacial score (nSPS) is 11.7. The van der Waals surface area contributed by atoms with E-state index < -0.39 is 17.5 Å². The summed E-state index contributed by atoms with van der Waals surface area (Å²) in [5, 5.41) is 14.4. The van der Waals surface area contributed by atoms with Crippen LogP contribution in [0.15, 0.2) is 64.3 Å². The van der Waals surface area contributed by atoms with Crippen LogP contribution in [0.4, 0.5) is 13.2 Å². The van der Waals surface area contributed by atoms with E-state index in [1.54, 1.807) is 0 Å². The van der Waals surface area contributed by atoms with Gasteiger partial charge in [0, 0.05) is 23.0 Å². The second-order valence-electron chi connectivity index (χ2n) is 6.30. The van der Waals surface area contributed by atoms with Gasteiger partial charge in [0.05, 0.1) is 29.7 Å². The molecule has 11 heteroatoms. The summed E-state index contributed by atoms with van der Waals surface area (Å²) >= 11 is 5.91. The molecule has 0 aliphatic heterocycles. The Bertz CT molecular complexity index is 1260. The minimum Gasteiger partial charge on any atom is -0.508 e. The van der Waals surface area contributed by atoms with Crippen molar-refractivity contribution in [1.29, 1.82) is 0 Å². The number of benzene rings is 2. The molecule has 154 valence electrons. The first-order chi connectivity index (χ1) is 14.2. The highest BCUT2D eigenvalue weighted by atomic mass is 35.5. The van der Waals surface area contributed by atoms with Gasteiger partial charge in [-0.2, -0.15) is 17.9 Å². The van der Waals surface area contributed by atoms with Crippen molar-refractivity contribution < 1.29 is 22.7 Å². The summed E-state index contributed by atoms with van der Waals surface area (Å²) in [4.78, 5) is 16.1. The fourth-order valence-electron chi connectivity index (χ4n) is 2.86. The van der Waals surface area contributed by atoms with Crippen LogP contribution in [-0.4, -0.2) is 24.4 Å². The third kappa shape index (κ3) is 3.81. The molecular formula is C19H12ClF3N4O3. The van der Waals surface area contributed by atoms with E-state index >= 15 is 0 Å². The van der Waals surface area contributed by atoms with Gasteiger partial charge in [0.2, 0.25) is 0 Å². The van der Waals surface area contributed by atoms with Crippen LogP contribution in [0.2, 0.25) is 5.02 Å². The van der Waals surface area contributed by atoms with Gasteiger partial charge < -0.3 is 14.1 Å². The van der Waals surface area contributed by atoms with Gasteiger partial charge in [0.25, 0.3) is 5.89 Å². The van der Waals surface area contributed by atoms with Crippen LogP contribution in [-0.2, 0) is 12.7 Å². The summed E-state index contributed by atoms with van der Waals surface area (Å²) in [7, 11) is 0. The molecule has 0 spiro atoms. The van der Waals surface area contributed by atoms with Crippen LogP contribution in [0.3, 0.4) is 0 Å². The molecule has 30 heavy (non-hydrogen) atoms. The van der Waals surface area contributed by atoms with Gasteiger partial charge in [-0.05, 0) is 36.4 Å². The van der Waals surface area contributed by atoms with Gasteiger partial charge >= 0.3 is 11.9 Å². The topological polar surface area (TPSA) is 86.1 Å². The van der Waals surface area contributed by atoms with Gasteiger partial charge in [-0.1, -0.05) is 11.6 Å². The lowest BCUT2D eigenvalue weighted by atomic mass is 10.1. The summed E-state index contributed by atoms with van der Waals surface area (Å²) in [6.07, 6.45) is -0.380. The lowest BCUT2D eigenvalue weighted by molar-refractivity contribution is -0.137. The minimum absolute atomic E-state index is 0.0846. The number of hydrogen-bond donors (Lipinski definition) is 1. The summed E-state index contributed by atoms with van der Waals surface area (Å²) in [5.41, 5.74) is -0.305. The van der Waals surface area contributed by atoms with Crippen LogP contribution in [0.5, 0.6) is 5.75 Å². The maximum atomic E-state index is 13.2. The molecule has 0 aliphatic rings. The zero-order chi connectivity index (χ0) is 21.5. The largest absolute Gasteiger partial charge is 0.508 e. The van der Waals surface area contributed by atoms with Crippen molar-refractivity contribution in [2.45, 2.75) is 12.7 Å². The fourth-order valence-corrected chi connectivity index (χ4v) is 3.06. The fraction of sp³-hybridized carbons (Fsp3) is 0.105. The molecule has 0 saturated heterocycles. The lowest BCUT2D eigenvalue weighted by Gasteiger charge is -2.12. The van der Waals surface area contributed by atoms with E-state index in [0.29, 0.717) is 10.6 Å². The number of aromatic hydroxyl groups is 1. The number of aromatic nitrogens is 4. The molecule has 4 aromatic rings. The highest BCUT2D eigenvalue weighted by Crippen LogP contribution is 2.34. The van der Waals surface area contributed by atoms with E-state index in [4.69, 9.17) is 16.0 Å². The van der Waals surface area contributed by atoms with Crippen molar-refractivity contribution >= 4 is 11.6 Å². The van der Waals surface area contributed by atoms with Crippen LogP contribution < -0.4 is 5.76 Å². The standard InChI is InChI=1S/C19H12ClF3N4O3/c20-13-2-4-16(28)11(7-13)9-27-18(29)30-17(25-27)14-3-1-12(19(21,22)23)8-15(14)26-6-5-24-10-26/h1-8,10,28H,9H2. The van der Waals surface area contributed by atoms with Gasteiger partial charge in [-0.15, -0.1) is 5.10 Å². The highest BCUT2D eigenvalue weighted by molar-refractivity contribution is 6.30. The first kappa shape index (κ1) is 19.8. The van der Waals surface area contributed by atoms with E-state index in [-0.39, 0.29) is 29.4 Å². The number of halogens is 4. The summed E-state index contributed by atoms with van der Waals surface area (Å²) in [6.45, 7) is -0.143. The molecule has 0 saturated carbocycles. The maximum Gasteiger partial charge on any atom is 0.437 e. The second-order valence-corrected chi connectivity index (χ2v) is 6.74. The Balaban J connectivity index is 1.79. The first-order valence-electron chi connectivity index (χ1n) is 8.47. The molecule has 0 aliphatic carbocycles. The molecule has 0 radical (unpaired) electrons. The number of nitrogens with zero attached hydrogens (tertiary/aromatic N) is 4. The lowest BCUT2D eigenvalue weighted by Crippen LogP contribution is -2.16. The van der Waals surface area contributed by atoms with E-state index in [0.717, 1.165) is 16.8 Å². The van der Waals surface area contributed by atoms with Gasteiger partial charge in [-0.3, -0.25) is 0 Å². The average Bonchev–Trinajstić information content (AvgIpc) is 3.34. The summed E-state index contributed by atoms with van der Waals surface area (Å²) < 4.78 is 47.0. The molecule has 7 nitrogen and oxygen atoms in total. The van der Waals surface area contributed by atoms with Crippen molar-refractivity contribution in [2.75, 3.05) is 0 Å². The van der Waals surface area contributed by atoms with Gasteiger partial charge in [-0.25, -0.2) is 9.78 Å². The van der Waals surface area contributed by atoms with Crippen molar-refractivity contribution in [3.63, 3.8) is 0 Å². The molecule has 2 heterocycles.